The lowest BCUT2D eigenvalue weighted by Crippen LogP contribution is -2.43. The predicted octanol–water partition coefficient (Wildman–Crippen LogP) is 3.94. The molecular weight excluding hydrogens is 220 g/mol. The van der Waals surface area contributed by atoms with Crippen molar-refractivity contribution < 1.29 is 5.11 Å². The number of hydrogen-bond donors (Lipinski definition) is 1. The largest absolute Gasteiger partial charge is 0.388 e. The molecule has 0 heterocycles. The first kappa shape index (κ1) is 12.5. The SMILES string of the molecule is CC(C)=C1[C@@H]2C[C@H]3C(=C(C)C)[C@@H]2C(O)(C(C)C)[C@@H]13. The number of allylic oxidation sites excluding steroid dienone is 2. The van der Waals surface area contributed by atoms with Gasteiger partial charge in [-0.25, -0.2) is 0 Å². The zero-order valence-electron chi connectivity index (χ0n) is 12.5. The van der Waals surface area contributed by atoms with Gasteiger partial charge in [-0.1, -0.05) is 36.1 Å². The van der Waals surface area contributed by atoms with Crippen molar-refractivity contribution in [2.45, 2.75) is 53.6 Å². The van der Waals surface area contributed by atoms with E-state index in [-0.39, 0.29) is 0 Å². The Morgan fingerprint density at radius 2 is 1.39 bits per heavy atom. The molecule has 0 aliphatic heterocycles. The quantitative estimate of drug-likeness (QED) is 0.695. The van der Waals surface area contributed by atoms with Crippen LogP contribution in [-0.4, -0.2) is 10.7 Å². The molecule has 4 atom stereocenters. The lowest BCUT2D eigenvalue weighted by molar-refractivity contribution is -0.0608. The van der Waals surface area contributed by atoms with Crippen molar-refractivity contribution in [3.05, 3.63) is 22.3 Å². The molecule has 1 heteroatoms. The summed E-state index contributed by atoms with van der Waals surface area (Å²) in [5.74, 6) is 2.47. The highest BCUT2D eigenvalue weighted by Gasteiger charge is 2.73. The van der Waals surface area contributed by atoms with Gasteiger partial charge in [0.2, 0.25) is 0 Å². The van der Waals surface area contributed by atoms with Crippen molar-refractivity contribution in [2.75, 3.05) is 0 Å². The molecule has 4 aliphatic carbocycles. The first-order valence-corrected chi connectivity index (χ1v) is 7.38. The molecule has 0 aromatic rings. The zero-order valence-corrected chi connectivity index (χ0v) is 12.5. The van der Waals surface area contributed by atoms with Crippen LogP contribution in [0.1, 0.15) is 48.0 Å². The molecule has 0 amide bonds. The molecule has 4 saturated carbocycles. The minimum absolute atomic E-state index is 0.353. The third kappa shape index (κ3) is 1.13. The van der Waals surface area contributed by atoms with Gasteiger partial charge in [0, 0.05) is 11.8 Å². The Hall–Kier alpha value is -0.560. The highest BCUT2D eigenvalue weighted by molar-refractivity contribution is 5.50. The Morgan fingerprint density at radius 1 is 1.00 bits per heavy atom. The van der Waals surface area contributed by atoms with Gasteiger partial charge in [-0.2, -0.15) is 0 Å². The average Bonchev–Trinajstić information content (AvgIpc) is 2.90. The molecule has 1 nitrogen and oxygen atoms in total. The predicted molar refractivity (Wildman–Crippen MR) is 75.1 cm³/mol. The van der Waals surface area contributed by atoms with E-state index in [4.69, 9.17) is 0 Å². The molecule has 0 spiro atoms. The van der Waals surface area contributed by atoms with Crippen molar-refractivity contribution in [2.24, 2.45) is 29.6 Å². The van der Waals surface area contributed by atoms with E-state index in [1.54, 1.807) is 11.1 Å². The smallest absolute Gasteiger partial charge is 0.0812 e. The third-order valence-electron chi connectivity index (χ3n) is 5.86. The lowest BCUT2D eigenvalue weighted by Gasteiger charge is -2.35. The maximum Gasteiger partial charge on any atom is 0.0812 e. The van der Waals surface area contributed by atoms with Crippen LogP contribution in [0, 0.1) is 29.6 Å². The Kier molecular flexibility index (Phi) is 2.43. The van der Waals surface area contributed by atoms with Crippen molar-refractivity contribution in [3.63, 3.8) is 0 Å². The lowest BCUT2D eigenvalue weighted by atomic mass is 9.76. The number of rotatable bonds is 1. The van der Waals surface area contributed by atoms with Crippen LogP contribution in [0.15, 0.2) is 22.3 Å². The van der Waals surface area contributed by atoms with Crippen molar-refractivity contribution in [3.8, 4) is 0 Å². The summed E-state index contributed by atoms with van der Waals surface area (Å²) >= 11 is 0. The van der Waals surface area contributed by atoms with Crippen LogP contribution in [0.4, 0.5) is 0 Å². The van der Waals surface area contributed by atoms with Gasteiger partial charge in [0.05, 0.1) is 5.60 Å². The summed E-state index contributed by atoms with van der Waals surface area (Å²) in [6.45, 7) is 13.3. The first-order chi connectivity index (χ1) is 8.31. The summed E-state index contributed by atoms with van der Waals surface area (Å²) in [6, 6.07) is 0. The van der Waals surface area contributed by atoms with Crippen molar-refractivity contribution in [1.29, 1.82) is 0 Å². The molecule has 0 saturated heterocycles. The van der Waals surface area contributed by atoms with Crippen LogP contribution in [0.3, 0.4) is 0 Å². The third-order valence-corrected chi connectivity index (χ3v) is 5.86. The van der Waals surface area contributed by atoms with Gasteiger partial charge < -0.3 is 5.11 Å². The Balaban J connectivity index is 2.20. The van der Waals surface area contributed by atoms with E-state index in [1.165, 1.54) is 17.6 Å². The highest BCUT2D eigenvalue weighted by Crippen LogP contribution is 2.74. The summed E-state index contributed by atoms with van der Waals surface area (Å²) in [6.07, 6.45) is 1.30. The molecular formula is C17H26O. The summed E-state index contributed by atoms with van der Waals surface area (Å²) < 4.78 is 0. The van der Waals surface area contributed by atoms with Gasteiger partial charge in [0.1, 0.15) is 0 Å². The Labute approximate surface area is 111 Å². The van der Waals surface area contributed by atoms with Gasteiger partial charge in [-0.05, 0) is 51.9 Å². The Bertz CT molecular complexity index is 422. The second-order valence-corrected chi connectivity index (χ2v) is 7.36. The molecule has 4 fully saturated rings. The van der Waals surface area contributed by atoms with Gasteiger partial charge >= 0.3 is 0 Å². The normalized spacial score (nSPS) is 44.7. The first-order valence-electron chi connectivity index (χ1n) is 7.38. The topological polar surface area (TPSA) is 20.2 Å². The summed E-state index contributed by atoms with van der Waals surface area (Å²) in [7, 11) is 0. The van der Waals surface area contributed by atoms with Gasteiger partial charge in [-0.15, -0.1) is 0 Å². The second kappa shape index (κ2) is 3.50. The molecule has 18 heavy (non-hydrogen) atoms. The molecule has 0 radical (unpaired) electrons. The summed E-state index contributed by atoms with van der Waals surface area (Å²) in [5, 5.41) is 11.3. The van der Waals surface area contributed by atoms with Gasteiger partial charge in [-0.3, -0.25) is 0 Å². The standard InChI is InChI=1S/C17H26O/c1-8(2)13-11-7-12-14(9(3)4)16(11)17(18,10(5)6)15(12)13/h10-12,15-16,18H,7H2,1-6H3/t11-,12-,15+,16+/m0/s1. The molecule has 0 aromatic heterocycles. The van der Waals surface area contributed by atoms with Gasteiger partial charge in [0.25, 0.3) is 0 Å². The van der Waals surface area contributed by atoms with Crippen LogP contribution in [0.25, 0.3) is 0 Å². The second-order valence-electron chi connectivity index (χ2n) is 7.36. The van der Waals surface area contributed by atoms with E-state index < -0.39 is 5.60 Å². The molecule has 100 valence electrons. The molecule has 0 unspecified atom stereocenters. The fourth-order valence-electron chi connectivity index (χ4n) is 5.47. The molecule has 4 aliphatic rings. The fourth-order valence-corrected chi connectivity index (χ4v) is 5.47. The maximum atomic E-state index is 11.3. The van der Waals surface area contributed by atoms with E-state index in [2.05, 4.69) is 41.5 Å². The summed E-state index contributed by atoms with van der Waals surface area (Å²) in [5.41, 5.74) is 5.66. The van der Waals surface area contributed by atoms with E-state index in [0.29, 0.717) is 29.6 Å². The van der Waals surface area contributed by atoms with Crippen LogP contribution in [-0.2, 0) is 0 Å². The summed E-state index contributed by atoms with van der Waals surface area (Å²) in [4.78, 5) is 0. The van der Waals surface area contributed by atoms with E-state index in [9.17, 15) is 5.11 Å². The molecule has 0 aromatic carbocycles. The molecule has 4 rings (SSSR count). The maximum absolute atomic E-state index is 11.3. The van der Waals surface area contributed by atoms with Gasteiger partial charge in [0.15, 0.2) is 0 Å². The minimum Gasteiger partial charge on any atom is -0.388 e. The molecule has 4 bridgehead atoms. The van der Waals surface area contributed by atoms with E-state index in [1.807, 2.05) is 0 Å². The number of hydrogen-bond acceptors (Lipinski definition) is 1. The highest BCUT2D eigenvalue weighted by atomic mass is 16.3. The fraction of sp³-hybridized carbons (Fsp3) is 0.765. The van der Waals surface area contributed by atoms with Crippen LogP contribution in [0.5, 0.6) is 0 Å². The van der Waals surface area contributed by atoms with E-state index in [0.717, 1.165) is 0 Å². The van der Waals surface area contributed by atoms with Crippen molar-refractivity contribution in [1.82, 2.24) is 0 Å². The molecule has 1 N–H and O–H groups in total. The number of aliphatic hydroxyl groups is 1. The zero-order chi connectivity index (χ0) is 13.4. The Morgan fingerprint density at radius 3 is 1.67 bits per heavy atom. The van der Waals surface area contributed by atoms with Crippen molar-refractivity contribution >= 4 is 0 Å². The average molecular weight is 246 g/mol. The van der Waals surface area contributed by atoms with Crippen LogP contribution in [0.2, 0.25) is 0 Å². The monoisotopic (exact) mass is 246 g/mol. The van der Waals surface area contributed by atoms with E-state index >= 15 is 0 Å². The van der Waals surface area contributed by atoms with Crippen LogP contribution >= 0.6 is 0 Å². The van der Waals surface area contributed by atoms with Crippen LogP contribution < -0.4 is 0 Å². The minimum atomic E-state index is -0.465.